The fourth-order valence-electron chi connectivity index (χ4n) is 1.92. The summed E-state index contributed by atoms with van der Waals surface area (Å²) in [5.74, 6) is 0. The molecule has 88 valence electrons. The molecule has 1 heterocycles. The highest BCUT2D eigenvalue weighted by Gasteiger charge is 2.11. The van der Waals surface area contributed by atoms with E-state index in [1.807, 2.05) is 25.4 Å². The molecule has 2 aromatic rings. The van der Waals surface area contributed by atoms with Gasteiger partial charge >= 0.3 is 0 Å². The molecule has 0 radical (unpaired) electrons. The van der Waals surface area contributed by atoms with Crippen molar-refractivity contribution in [2.75, 3.05) is 0 Å². The van der Waals surface area contributed by atoms with Crippen LogP contribution in [0.4, 0.5) is 0 Å². The maximum absolute atomic E-state index is 6.28. The maximum Gasteiger partial charge on any atom is 0.0569 e. The van der Waals surface area contributed by atoms with E-state index in [0.29, 0.717) is 0 Å². The molecule has 17 heavy (non-hydrogen) atoms. The van der Waals surface area contributed by atoms with E-state index in [4.69, 9.17) is 5.73 Å². The number of aromatic nitrogens is 1. The Morgan fingerprint density at radius 3 is 2.59 bits per heavy atom. The van der Waals surface area contributed by atoms with E-state index >= 15 is 0 Å². The second-order valence-electron chi connectivity index (χ2n) is 4.27. The molecule has 0 spiro atoms. The quantitative estimate of drug-likeness (QED) is 0.919. The van der Waals surface area contributed by atoms with Crippen molar-refractivity contribution in [3.8, 4) is 0 Å². The van der Waals surface area contributed by atoms with Crippen LogP contribution in [0.3, 0.4) is 0 Å². The lowest BCUT2D eigenvalue weighted by Gasteiger charge is -2.15. The second kappa shape index (κ2) is 4.98. The molecule has 0 aliphatic rings. The van der Waals surface area contributed by atoms with Gasteiger partial charge in [-0.2, -0.15) is 0 Å². The summed E-state index contributed by atoms with van der Waals surface area (Å²) in [6.45, 7) is 4.10. The van der Waals surface area contributed by atoms with Gasteiger partial charge in [0.1, 0.15) is 0 Å². The second-order valence-corrected chi connectivity index (χ2v) is 5.19. The lowest BCUT2D eigenvalue weighted by Crippen LogP contribution is -2.13. The van der Waals surface area contributed by atoms with Gasteiger partial charge in [-0.3, -0.25) is 4.98 Å². The van der Waals surface area contributed by atoms with Gasteiger partial charge in [0.2, 0.25) is 0 Å². The van der Waals surface area contributed by atoms with Crippen molar-refractivity contribution in [1.29, 1.82) is 0 Å². The molecule has 2 rings (SSSR count). The van der Waals surface area contributed by atoms with Gasteiger partial charge in [-0.25, -0.2) is 0 Å². The Labute approximate surface area is 110 Å². The number of hydrogen-bond acceptors (Lipinski definition) is 2. The van der Waals surface area contributed by atoms with Crippen LogP contribution in [0, 0.1) is 13.8 Å². The summed E-state index contributed by atoms with van der Waals surface area (Å²) >= 11 is 3.46. The lowest BCUT2D eigenvalue weighted by molar-refractivity contribution is 0.851. The van der Waals surface area contributed by atoms with Gasteiger partial charge in [0.25, 0.3) is 0 Å². The molecule has 0 saturated heterocycles. The van der Waals surface area contributed by atoms with Crippen LogP contribution in [0.2, 0.25) is 0 Å². The fourth-order valence-corrected chi connectivity index (χ4v) is 2.39. The molecule has 0 aliphatic carbocycles. The zero-order chi connectivity index (χ0) is 12.4. The van der Waals surface area contributed by atoms with Crippen LogP contribution < -0.4 is 5.73 Å². The molecule has 1 aromatic carbocycles. The number of pyridine rings is 1. The smallest absolute Gasteiger partial charge is 0.0569 e. The van der Waals surface area contributed by atoms with Gasteiger partial charge in [-0.1, -0.05) is 28.1 Å². The monoisotopic (exact) mass is 290 g/mol. The first kappa shape index (κ1) is 12.3. The van der Waals surface area contributed by atoms with E-state index in [2.05, 4.69) is 46.0 Å². The van der Waals surface area contributed by atoms with E-state index < -0.39 is 0 Å². The number of hydrogen-bond donors (Lipinski definition) is 1. The summed E-state index contributed by atoms with van der Waals surface area (Å²) in [5, 5.41) is 0. The summed E-state index contributed by atoms with van der Waals surface area (Å²) in [7, 11) is 0. The Balaban J connectivity index is 2.40. The van der Waals surface area contributed by atoms with Crippen molar-refractivity contribution in [2.45, 2.75) is 19.9 Å². The van der Waals surface area contributed by atoms with Crippen LogP contribution in [0.15, 0.2) is 41.1 Å². The highest BCUT2D eigenvalue weighted by Crippen LogP contribution is 2.25. The van der Waals surface area contributed by atoms with E-state index in [0.717, 1.165) is 21.2 Å². The largest absolute Gasteiger partial charge is 0.320 e. The van der Waals surface area contributed by atoms with Gasteiger partial charge in [0.05, 0.1) is 6.04 Å². The molecule has 1 atom stereocenters. The lowest BCUT2D eigenvalue weighted by atomic mass is 9.96. The molecule has 2 N–H and O–H groups in total. The first-order chi connectivity index (χ1) is 8.08. The Hall–Kier alpha value is -1.19. The predicted molar refractivity (Wildman–Crippen MR) is 73.9 cm³/mol. The van der Waals surface area contributed by atoms with Crippen LogP contribution in [-0.4, -0.2) is 4.98 Å². The molecule has 1 unspecified atom stereocenters. The number of nitrogens with zero attached hydrogens (tertiary/aromatic N) is 1. The summed E-state index contributed by atoms with van der Waals surface area (Å²) < 4.78 is 1.08. The molecular formula is C14H15BrN2. The van der Waals surface area contributed by atoms with Gasteiger partial charge < -0.3 is 5.73 Å². The van der Waals surface area contributed by atoms with Crippen LogP contribution in [0.1, 0.15) is 28.3 Å². The van der Waals surface area contributed by atoms with Crippen molar-refractivity contribution in [3.63, 3.8) is 0 Å². The number of nitrogens with two attached hydrogens (primary N) is 1. The average molecular weight is 291 g/mol. The molecular weight excluding hydrogens is 276 g/mol. The highest BCUT2D eigenvalue weighted by atomic mass is 79.9. The van der Waals surface area contributed by atoms with E-state index in [1.165, 1.54) is 5.56 Å². The molecule has 1 aromatic heterocycles. The first-order valence-electron chi connectivity index (χ1n) is 5.51. The van der Waals surface area contributed by atoms with Gasteiger partial charge in [-0.15, -0.1) is 0 Å². The summed E-state index contributed by atoms with van der Waals surface area (Å²) in [6, 6.07) is 8.13. The number of aryl methyl sites for hydroxylation is 2. The SMILES string of the molecule is Cc1cncc(C(N)c2ccc(Br)cc2C)c1. The van der Waals surface area contributed by atoms with Crippen LogP contribution >= 0.6 is 15.9 Å². The number of halogens is 1. The Bertz CT molecular complexity index is 537. The standard InChI is InChI=1S/C14H15BrN2/c1-9-5-11(8-17-7-9)14(16)13-4-3-12(15)6-10(13)2/h3-8,14H,16H2,1-2H3. The molecule has 0 amide bonds. The van der Waals surface area contributed by atoms with E-state index in [9.17, 15) is 0 Å². The molecule has 0 saturated carbocycles. The van der Waals surface area contributed by atoms with Crippen molar-refractivity contribution >= 4 is 15.9 Å². The molecule has 3 heteroatoms. The molecule has 2 nitrogen and oxygen atoms in total. The van der Waals surface area contributed by atoms with Crippen LogP contribution in [-0.2, 0) is 0 Å². The van der Waals surface area contributed by atoms with Crippen molar-refractivity contribution in [3.05, 3.63) is 63.4 Å². The Morgan fingerprint density at radius 2 is 1.94 bits per heavy atom. The topological polar surface area (TPSA) is 38.9 Å². The fraction of sp³-hybridized carbons (Fsp3) is 0.214. The summed E-state index contributed by atoms with van der Waals surface area (Å²) in [5.41, 5.74) is 10.8. The molecule has 0 aliphatic heterocycles. The Morgan fingerprint density at radius 1 is 1.18 bits per heavy atom. The number of benzene rings is 1. The van der Waals surface area contributed by atoms with Crippen molar-refractivity contribution < 1.29 is 0 Å². The average Bonchev–Trinajstić information content (AvgIpc) is 2.28. The minimum Gasteiger partial charge on any atom is -0.320 e. The normalized spacial score (nSPS) is 12.5. The minimum absolute atomic E-state index is 0.115. The van der Waals surface area contributed by atoms with Crippen LogP contribution in [0.5, 0.6) is 0 Å². The third-order valence-corrected chi connectivity index (χ3v) is 3.32. The molecule has 0 bridgehead atoms. The third-order valence-electron chi connectivity index (χ3n) is 2.82. The van der Waals surface area contributed by atoms with Gasteiger partial charge in [0, 0.05) is 16.9 Å². The molecule has 0 fully saturated rings. The summed E-state index contributed by atoms with van der Waals surface area (Å²) in [6.07, 6.45) is 3.67. The van der Waals surface area contributed by atoms with Gasteiger partial charge in [-0.05, 0) is 48.2 Å². The third kappa shape index (κ3) is 2.73. The zero-order valence-electron chi connectivity index (χ0n) is 9.94. The van der Waals surface area contributed by atoms with Crippen LogP contribution in [0.25, 0.3) is 0 Å². The van der Waals surface area contributed by atoms with E-state index in [1.54, 1.807) is 0 Å². The predicted octanol–water partition coefficient (Wildman–Crippen LogP) is 3.51. The van der Waals surface area contributed by atoms with Gasteiger partial charge in [0.15, 0.2) is 0 Å². The minimum atomic E-state index is -0.115. The maximum atomic E-state index is 6.28. The zero-order valence-corrected chi connectivity index (χ0v) is 11.5. The highest BCUT2D eigenvalue weighted by molar-refractivity contribution is 9.10. The summed E-state index contributed by atoms with van der Waals surface area (Å²) in [4.78, 5) is 4.19. The number of rotatable bonds is 2. The Kier molecular flexibility index (Phi) is 3.60. The van der Waals surface area contributed by atoms with Crippen molar-refractivity contribution in [1.82, 2.24) is 4.98 Å². The first-order valence-corrected chi connectivity index (χ1v) is 6.30. The van der Waals surface area contributed by atoms with E-state index in [-0.39, 0.29) is 6.04 Å². The van der Waals surface area contributed by atoms with Crippen molar-refractivity contribution in [2.24, 2.45) is 5.73 Å².